The highest BCUT2D eigenvalue weighted by atomic mass is 35.5. The number of aromatic carboxylic acids is 1. The van der Waals surface area contributed by atoms with Crippen LogP contribution >= 0.6 is 30.6 Å². The number of para-hydroxylation sites is 1. The number of Topliss-reactive ketones (excluding diaryl/α,β-unsaturated/α-hetero) is 3. The molecule has 1 fully saturated rings. The maximum absolute atomic E-state index is 12.6. The van der Waals surface area contributed by atoms with Crippen molar-refractivity contribution in [2.75, 3.05) is 43.6 Å². The summed E-state index contributed by atoms with van der Waals surface area (Å²) in [6.07, 6.45) is -2.33. The number of carboxylic acids is 2. The third-order valence-corrected chi connectivity index (χ3v) is 13.6. The van der Waals surface area contributed by atoms with Crippen LogP contribution in [0.25, 0.3) is 0 Å². The van der Waals surface area contributed by atoms with Crippen molar-refractivity contribution in [2.24, 2.45) is 11.7 Å². The number of hydrogen-bond acceptors (Lipinski definition) is 16. The third-order valence-electron chi connectivity index (χ3n) is 10.8. The smallest absolute Gasteiger partial charge is 0.416 e. The van der Waals surface area contributed by atoms with E-state index in [0.717, 1.165) is 78.0 Å². The monoisotopic (exact) mass is 1160 g/mol. The summed E-state index contributed by atoms with van der Waals surface area (Å²) in [7, 11) is -5.16. The number of aliphatic carboxylic acids is 1. The minimum Gasteiger partial charge on any atom is -0.480 e. The highest BCUT2D eigenvalue weighted by Crippen LogP contribution is 2.38. The Labute approximate surface area is 448 Å². The Balaban J connectivity index is 0.000000363. The van der Waals surface area contributed by atoms with Crippen molar-refractivity contribution in [3.63, 3.8) is 0 Å². The molecule has 77 heavy (non-hydrogen) atoms. The second-order valence-electron chi connectivity index (χ2n) is 16.9. The number of hydrogen-bond donors (Lipinski definition) is 4. The zero-order valence-electron chi connectivity index (χ0n) is 41.9. The van der Waals surface area contributed by atoms with E-state index in [4.69, 9.17) is 53.5 Å². The van der Waals surface area contributed by atoms with Gasteiger partial charge in [-0.1, -0.05) is 36.7 Å². The van der Waals surface area contributed by atoms with Crippen molar-refractivity contribution < 1.29 is 89.3 Å². The van der Waals surface area contributed by atoms with E-state index >= 15 is 0 Å². The molecular formula is C48H54Cl2F3N4O18PS. The summed E-state index contributed by atoms with van der Waals surface area (Å²) in [4.78, 5) is 99.7. The van der Waals surface area contributed by atoms with Crippen LogP contribution in [0.1, 0.15) is 76.9 Å². The Hall–Kier alpha value is -6.67. The molecule has 0 radical (unpaired) electrons. The van der Waals surface area contributed by atoms with E-state index < -0.39 is 103 Å². The number of ketones is 3. The van der Waals surface area contributed by atoms with Gasteiger partial charge in [-0.25, -0.2) is 13.2 Å². The summed E-state index contributed by atoms with van der Waals surface area (Å²) in [5.41, 5.74) is 4.89. The van der Waals surface area contributed by atoms with Gasteiger partial charge in [0.05, 0.1) is 49.2 Å². The molecule has 0 aromatic heterocycles. The van der Waals surface area contributed by atoms with Gasteiger partial charge in [0, 0.05) is 57.2 Å². The number of carboxylic acid groups (broad SMARTS) is 2. The van der Waals surface area contributed by atoms with Crippen LogP contribution in [0, 0.1) is 33.1 Å². The number of benzene rings is 4. The number of ether oxygens (including phenoxy) is 2. The number of carbonyl (C=O) groups excluding carboxylic acids is 4. The van der Waals surface area contributed by atoms with Gasteiger partial charge in [0.15, 0.2) is 34.6 Å². The molecule has 1 saturated carbocycles. The van der Waals surface area contributed by atoms with Crippen LogP contribution in [0.15, 0.2) is 77.7 Å². The first-order valence-electron chi connectivity index (χ1n) is 22.5. The lowest BCUT2D eigenvalue weighted by molar-refractivity contribution is -0.385. The van der Waals surface area contributed by atoms with E-state index in [2.05, 4.69) is 13.0 Å². The number of aryl methyl sites for hydroxylation is 2. The summed E-state index contributed by atoms with van der Waals surface area (Å²) in [6.45, 7) is 7.74. The standard InChI is InChI=1S/C15H22ClNO2.C14H7ClF3NO5.C14H13NO7S.C5H12NO4P/c1-5-13-8-6-7-11(2)15(13)17(14(18)9-16)12(3)10-19-4;15-10-5-7(14(16,17)18)1-4-12(10)24-8-2-3-11(19(22)23)9(6-8)13(20)21;1-23(21,22)8-5-6-9(10(7-8)15(19)20)14(18)13-11(16)3-2-4-12(13)17;1-11(9,10)3-2-4(6)5(7)8/h6-8,12H,5,9-10H2,1-4H3;1-6H,(H,20,21);5-7,13H,2-4H2,1H3;4H,2-3,6H2,1H3,(H,7,8)(H,9,10). The second-order valence-corrected chi connectivity index (χ2v) is 22.2. The first-order valence-corrected chi connectivity index (χ1v) is 27.6. The van der Waals surface area contributed by atoms with E-state index in [9.17, 15) is 75.1 Å². The van der Waals surface area contributed by atoms with Crippen molar-refractivity contribution >= 4 is 92.7 Å². The first kappa shape index (κ1) is 66.4. The predicted molar refractivity (Wildman–Crippen MR) is 275 cm³/mol. The number of rotatable bonds is 18. The number of carbonyl (C=O) groups is 6. The highest BCUT2D eigenvalue weighted by molar-refractivity contribution is 7.90. The molecule has 5 N–H and O–H groups in total. The van der Waals surface area contributed by atoms with Crippen molar-refractivity contribution in [3.05, 3.63) is 126 Å². The molecule has 1 aliphatic rings. The van der Waals surface area contributed by atoms with E-state index in [0.29, 0.717) is 19.1 Å². The lowest BCUT2D eigenvalue weighted by Crippen LogP contribution is -2.43. The van der Waals surface area contributed by atoms with Gasteiger partial charge in [-0.3, -0.25) is 48.8 Å². The van der Waals surface area contributed by atoms with Crippen LogP contribution in [-0.2, 0) is 50.9 Å². The van der Waals surface area contributed by atoms with E-state index in [1.54, 1.807) is 12.0 Å². The largest absolute Gasteiger partial charge is 0.480 e. The zero-order valence-corrected chi connectivity index (χ0v) is 45.2. The molecule has 22 nitrogen and oxygen atoms in total. The number of methoxy groups -OCH3 is 1. The Bertz CT molecular complexity index is 3020. The lowest BCUT2D eigenvalue weighted by atomic mass is 9.81. The van der Waals surface area contributed by atoms with Gasteiger partial charge in [-0.2, -0.15) is 13.2 Å². The molecule has 420 valence electrons. The maximum atomic E-state index is 12.6. The van der Waals surface area contributed by atoms with Crippen LogP contribution in [0.4, 0.5) is 30.2 Å². The van der Waals surface area contributed by atoms with Gasteiger partial charge in [0.1, 0.15) is 34.9 Å². The molecule has 4 aromatic rings. The average Bonchev–Trinajstić information content (AvgIpc) is 3.33. The van der Waals surface area contributed by atoms with Gasteiger partial charge in [-0.15, -0.1) is 11.6 Å². The Morgan fingerprint density at radius 3 is 2.01 bits per heavy atom. The number of nitrogens with zero attached hydrogens (tertiary/aromatic N) is 3. The molecule has 1 amide bonds. The van der Waals surface area contributed by atoms with Crippen molar-refractivity contribution in [1.82, 2.24) is 0 Å². The molecule has 3 atom stereocenters. The van der Waals surface area contributed by atoms with Crippen molar-refractivity contribution in [2.45, 2.75) is 76.0 Å². The van der Waals surface area contributed by atoms with Crippen LogP contribution in [0.3, 0.4) is 0 Å². The molecule has 29 heteroatoms. The number of amides is 1. The molecule has 4 aromatic carbocycles. The normalized spacial score (nSPS) is 14.1. The van der Waals surface area contributed by atoms with Gasteiger partial charge in [0.25, 0.3) is 11.4 Å². The maximum Gasteiger partial charge on any atom is 0.416 e. The number of nitro groups is 2. The molecule has 0 saturated heterocycles. The zero-order chi connectivity index (χ0) is 58.9. The first-order chi connectivity index (χ1) is 35.6. The molecule has 3 unspecified atom stereocenters. The van der Waals surface area contributed by atoms with E-state index in [-0.39, 0.29) is 64.7 Å². The Kier molecular flexibility index (Phi) is 25.2. The minimum atomic E-state index is -4.58. The average molecular weight is 1170 g/mol. The van der Waals surface area contributed by atoms with Crippen LogP contribution in [-0.4, -0.2) is 119 Å². The van der Waals surface area contributed by atoms with Gasteiger partial charge in [0.2, 0.25) is 5.91 Å². The lowest BCUT2D eigenvalue weighted by Gasteiger charge is -2.31. The molecular weight excluding hydrogens is 1110 g/mol. The third kappa shape index (κ3) is 20.0. The SMILES string of the molecule is CCc1cccc(C)c1N(C(=O)CCl)C(C)COC.CP(=O)(O)CCC(N)C(=O)O.CS(=O)(=O)c1ccc(C(=O)C2C(=O)CCCC2=O)c([N+](=O)[O-])c1.O=C(O)c1cc(Oc2ccc(C(F)(F)F)cc2Cl)ccc1[N+](=O)[O-]. The quantitative estimate of drug-likeness (QED) is 0.0180. The number of nitrogens with two attached hydrogens (primary N) is 1. The van der Waals surface area contributed by atoms with Gasteiger partial charge in [-0.05, 0) is 80.6 Å². The summed E-state index contributed by atoms with van der Waals surface area (Å²) < 4.78 is 81.7. The van der Waals surface area contributed by atoms with Crippen LogP contribution < -0.4 is 15.4 Å². The highest BCUT2D eigenvalue weighted by Gasteiger charge is 2.39. The number of nitro benzene ring substituents is 2. The summed E-state index contributed by atoms with van der Waals surface area (Å²) in [5, 5.41) is 38.8. The Morgan fingerprint density at radius 1 is 0.948 bits per heavy atom. The fraction of sp³-hybridized carbons (Fsp3) is 0.375. The Morgan fingerprint density at radius 2 is 1.55 bits per heavy atom. The molecule has 1 aliphatic carbocycles. The number of halogens is 5. The number of sulfone groups is 1. The topological polar surface area (TPSA) is 348 Å². The van der Waals surface area contributed by atoms with Crippen molar-refractivity contribution in [1.29, 1.82) is 0 Å². The summed E-state index contributed by atoms with van der Waals surface area (Å²) >= 11 is 11.5. The fourth-order valence-corrected chi connectivity index (χ4v) is 8.82. The van der Waals surface area contributed by atoms with Crippen molar-refractivity contribution in [3.8, 4) is 11.5 Å². The van der Waals surface area contributed by atoms with E-state index in [1.165, 1.54) is 6.66 Å². The molecule has 0 spiro atoms. The molecule has 0 aliphatic heterocycles. The van der Waals surface area contributed by atoms with Gasteiger partial charge >= 0.3 is 18.1 Å². The summed E-state index contributed by atoms with van der Waals surface area (Å²) in [5.74, 6) is -6.70. The summed E-state index contributed by atoms with van der Waals surface area (Å²) in [6, 6.07) is 13.1. The predicted octanol–water partition coefficient (Wildman–Crippen LogP) is 8.73. The fourth-order valence-electron chi connectivity index (χ4n) is 7.07. The van der Waals surface area contributed by atoms with E-state index in [1.807, 2.05) is 26.0 Å². The van der Waals surface area contributed by atoms with Crippen LogP contribution in [0.5, 0.6) is 11.5 Å². The van der Waals surface area contributed by atoms with Gasteiger partial charge < -0.3 is 35.2 Å². The second kappa shape index (κ2) is 29.2. The minimum absolute atomic E-state index is 0.0223. The number of alkyl halides is 4. The molecule has 0 heterocycles. The van der Waals surface area contributed by atoms with Crippen LogP contribution in [0.2, 0.25) is 5.02 Å². The molecule has 5 rings (SSSR count). The number of anilines is 1. The molecule has 0 bridgehead atoms.